The zero-order chi connectivity index (χ0) is 27.9. The molecule has 3 aliphatic rings. The van der Waals surface area contributed by atoms with Crippen LogP contribution >= 0.6 is 11.9 Å². The quantitative estimate of drug-likeness (QED) is 0.226. The van der Waals surface area contributed by atoms with Gasteiger partial charge in [-0.3, -0.25) is 19.7 Å². The summed E-state index contributed by atoms with van der Waals surface area (Å²) in [5.74, 6) is -0.951. The SMILES string of the molecule is C\C=C/C=C1/C(=O)N(C2CCC(=O)NC2=O)C/C1=C\OCc1ccc(SN2CCN(c3ccccc3)CC2)cc1. The van der Waals surface area contributed by atoms with E-state index < -0.39 is 11.9 Å². The molecule has 0 aromatic heterocycles. The molecule has 1 atom stereocenters. The highest BCUT2D eigenvalue weighted by molar-refractivity contribution is 7.97. The van der Waals surface area contributed by atoms with Crippen molar-refractivity contribution in [3.8, 4) is 0 Å². The Hall–Kier alpha value is -3.82. The number of rotatable bonds is 8. The van der Waals surface area contributed by atoms with E-state index in [0.29, 0.717) is 18.6 Å². The van der Waals surface area contributed by atoms with Gasteiger partial charge >= 0.3 is 0 Å². The maximum atomic E-state index is 13.1. The van der Waals surface area contributed by atoms with Crippen LogP contribution in [0.4, 0.5) is 5.69 Å². The highest BCUT2D eigenvalue weighted by Crippen LogP contribution is 2.29. The number of allylic oxidation sites excluding steroid dienone is 3. The summed E-state index contributed by atoms with van der Waals surface area (Å²) in [6.45, 7) is 6.51. The van der Waals surface area contributed by atoms with Gasteiger partial charge in [0, 0.05) is 54.3 Å². The molecule has 8 nitrogen and oxygen atoms in total. The van der Waals surface area contributed by atoms with E-state index in [1.807, 2.05) is 19.1 Å². The third-order valence-electron chi connectivity index (χ3n) is 7.21. The Kier molecular flexibility index (Phi) is 9.03. The number of hydrogen-bond acceptors (Lipinski definition) is 7. The highest BCUT2D eigenvalue weighted by atomic mass is 32.2. The molecule has 3 aliphatic heterocycles. The van der Waals surface area contributed by atoms with Crippen LogP contribution in [-0.2, 0) is 25.7 Å². The van der Waals surface area contributed by atoms with Crippen molar-refractivity contribution in [2.45, 2.75) is 37.3 Å². The molecule has 3 saturated heterocycles. The van der Waals surface area contributed by atoms with E-state index in [4.69, 9.17) is 4.74 Å². The summed E-state index contributed by atoms with van der Waals surface area (Å²) in [5, 5.41) is 2.34. The number of amides is 3. The summed E-state index contributed by atoms with van der Waals surface area (Å²) in [4.78, 5) is 42.2. The van der Waals surface area contributed by atoms with Crippen LogP contribution in [0.25, 0.3) is 0 Å². The van der Waals surface area contributed by atoms with E-state index in [1.165, 1.54) is 15.5 Å². The number of anilines is 1. The van der Waals surface area contributed by atoms with Crippen LogP contribution in [0, 0.1) is 0 Å². The third-order valence-corrected chi connectivity index (χ3v) is 8.32. The lowest BCUT2D eigenvalue weighted by atomic mass is 10.0. The summed E-state index contributed by atoms with van der Waals surface area (Å²) in [5.41, 5.74) is 3.53. The van der Waals surface area contributed by atoms with Crippen molar-refractivity contribution in [3.05, 3.63) is 95.8 Å². The van der Waals surface area contributed by atoms with E-state index in [2.05, 4.69) is 63.1 Å². The second-order valence-corrected chi connectivity index (χ2v) is 11.1. The molecule has 0 bridgehead atoms. The Morgan fingerprint density at radius 3 is 2.45 bits per heavy atom. The normalized spacial score (nSPS) is 22.5. The number of para-hydroxylation sites is 1. The number of likely N-dealkylation sites (tertiary alicyclic amines) is 1. The maximum absolute atomic E-state index is 13.1. The van der Waals surface area contributed by atoms with Crippen LogP contribution in [0.5, 0.6) is 0 Å². The first-order valence-electron chi connectivity index (χ1n) is 13.6. The van der Waals surface area contributed by atoms with Crippen molar-refractivity contribution in [1.29, 1.82) is 0 Å². The maximum Gasteiger partial charge on any atom is 0.255 e. The standard InChI is InChI=1S/C31H34N4O4S/c1-2-3-9-27-24(20-35(31(27)38)28-14-15-29(36)32-30(28)37)22-39-21-23-10-12-26(13-11-23)40-34-18-16-33(17-19-34)25-7-5-4-6-8-25/h2-13,22,28H,14-21H2,1H3,(H,32,36,37)/b3-2-,24-22+,27-9+. The van der Waals surface area contributed by atoms with Crippen LogP contribution in [0.15, 0.2) is 95.1 Å². The molecule has 2 aromatic carbocycles. The van der Waals surface area contributed by atoms with Crippen LogP contribution in [-0.4, -0.2) is 65.7 Å². The van der Waals surface area contributed by atoms with Gasteiger partial charge in [-0.2, -0.15) is 0 Å². The number of nitrogens with zero attached hydrogens (tertiary/aromatic N) is 3. The Morgan fingerprint density at radius 2 is 1.75 bits per heavy atom. The number of piperazine rings is 1. The van der Waals surface area contributed by atoms with Gasteiger partial charge in [0.25, 0.3) is 5.91 Å². The summed E-state index contributed by atoms with van der Waals surface area (Å²) in [6, 6.07) is 18.2. The summed E-state index contributed by atoms with van der Waals surface area (Å²) >= 11 is 1.78. The number of nitrogens with one attached hydrogen (secondary N) is 1. The number of imide groups is 1. The van der Waals surface area contributed by atoms with Crippen molar-refractivity contribution in [2.24, 2.45) is 0 Å². The van der Waals surface area contributed by atoms with Gasteiger partial charge in [-0.05, 0) is 61.2 Å². The molecule has 0 radical (unpaired) electrons. The first kappa shape index (κ1) is 27.7. The Morgan fingerprint density at radius 1 is 1.00 bits per heavy atom. The third kappa shape index (κ3) is 6.66. The number of piperidine rings is 1. The fourth-order valence-electron chi connectivity index (χ4n) is 5.05. The lowest BCUT2D eigenvalue weighted by molar-refractivity contribution is -0.142. The molecule has 3 amide bonds. The zero-order valence-electron chi connectivity index (χ0n) is 22.6. The molecule has 5 rings (SSSR count). The van der Waals surface area contributed by atoms with Crippen molar-refractivity contribution < 1.29 is 19.1 Å². The molecule has 0 saturated carbocycles. The monoisotopic (exact) mass is 558 g/mol. The minimum Gasteiger partial charge on any atom is -0.496 e. The molecule has 208 valence electrons. The molecular weight excluding hydrogens is 524 g/mol. The molecule has 3 heterocycles. The van der Waals surface area contributed by atoms with E-state index in [1.54, 1.807) is 30.4 Å². The van der Waals surface area contributed by atoms with Gasteiger partial charge in [0.15, 0.2) is 0 Å². The van der Waals surface area contributed by atoms with Gasteiger partial charge in [0.05, 0.1) is 12.8 Å². The predicted octanol–water partition coefficient (Wildman–Crippen LogP) is 4.07. The van der Waals surface area contributed by atoms with E-state index in [9.17, 15) is 14.4 Å². The van der Waals surface area contributed by atoms with Crippen LogP contribution in [0.1, 0.15) is 25.3 Å². The molecule has 1 unspecified atom stereocenters. The average Bonchev–Trinajstić information content (AvgIpc) is 3.28. The van der Waals surface area contributed by atoms with Gasteiger partial charge in [-0.1, -0.05) is 42.5 Å². The molecule has 1 N–H and O–H groups in total. The molecule has 0 spiro atoms. The zero-order valence-corrected chi connectivity index (χ0v) is 23.4. The molecule has 0 aliphatic carbocycles. The van der Waals surface area contributed by atoms with Crippen molar-refractivity contribution in [1.82, 2.24) is 14.5 Å². The van der Waals surface area contributed by atoms with Crippen molar-refractivity contribution in [3.63, 3.8) is 0 Å². The van der Waals surface area contributed by atoms with Crippen LogP contribution in [0.3, 0.4) is 0 Å². The van der Waals surface area contributed by atoms with E-state index in [-0.39, 0.29) is 24.8 Å². The number of ether oxygens (including phenoxy) is 1. The van der Waals surface area contributed by atoms with Crippen LogP contribution in [0.2, 0.25) is 0 Å². The molecule has 2 aromatic rings. The van der Waals surface area contributed by atoms with Crippen molar-refractivity contribution >= 4 is 35.4 Å². The smallest absolute Gasteiger partial charge is 0.255 e. The minimum absolute atomic E-state index is 0.224. The minimum atomic E-state index is -0.656. The second kappa shape index (κ2) is 13.0. The number of benzene rings is 2. The number of carbonyl (C=O) groups is 3. The topological polar surface area (TPSA) is 82.2 Å². The first-order chi connectivity index (χ1) is 19.5. The Bertz CT molecular complexity index is 1310. The van der Waals surface area contributed by atoms with Gasteiger partial charge in [0.1, 0.15) is 12.6 Å². The van der Waals surface area contributed by atoms with Crippen LogP contribution < -0.4 is 10.2 Å². The van der Waals surface area contributed by atoms with Crippen molar-refractivity contribution in [2.75, 3.05) is 37.6 Å². The van der Waals surface area contributed by atoms with Gasteiger partial charge in [0.2, 0.25) is 11.8 Å². The van der Waals surface area contributed by atoms with Gasteiger partial charge in [-0.15, -0.1) is 0 Å². The largest absolute Gasteiger partial charge is 0.496 e. The lowest BCUT2D eigenvalue weighted by Crippen LogP contribution is -2.52. The molecule has 3 fully saturated rings. The second-order valence-electron chi connectivity index (χ2n) is 9.95. The highest BCUT2D eigenvalue weighted by Gasteiger charge is 2.40. The fraction of sp³-hybridized carbons (Fsp3) is 0.323. The summed E-state index contributed by atoms with van der Waals surface area (Å²) in [6.07, 6.45) is 7.56. The summed E-state index contributed by atoms with van der Waals surface area (Å²) in [7, 11) is 0. The van der Waals surface area contributed by atoms with E-state index in [0.717, 1.165) is 37.3 Å². The Labute approximate surface area is 239 Å². The fourth-order valence-corrected chi connectivity index (χ4v) is 5.95. The predicted molar refractivity (Wildman–Crippen MR) is 156 cm³/mol. The number of hydrogen-bond donors (Lipinski definition) is 1. The first-order valence-corrected chi connectivity index (χ1v) is 14.4. The van der Waals surface area contributed by atoms with Gasteiger partial charge in [-0.25, -0.2) is 4.31 Å². The molecular formula is C31H34N4O4S. The van der Waals surface area contributed by atoms with E-state index >= 15 is 0 Å². The lowest BCUT2D eigenvalue weighted by Gasteiger charge is -2.35. The molecule has 40 heavy (non-hydrogen) atoms. The number of carbonyl (C=O) groups excluding carboxylic acids is 3. The summed E-state index contributed by atoms with van der Waals surface area (Å²) < 4.78 is 8.30. The average molecular weight is 559 g/mol. The Balaban J connectivity index is 1.15. The van der Waals surface area contributed by atoms with Gasteiger partial charge < -0.3 is 14.5 Å². The molecule has 9 heteroatoms.